The van der Waals surface area contributed by atoms with Gasteiger partial charge in [0.25, 0.3) is 5.91 Å². The lowest BCUT2D eigenvalue weighted by Crippen LogP contribution is -2.25. The van der Waals surface area contributed by atoms with E-state index in [9.17, 15) is 24.1 Å². The van der Waals surface area contributed by atoms with Gasteiger partial charge in [-0.15, -0.1) is 0 Å². The van der Waals surface area contributed by atoms with Crippen molar-refractivity contribution in [3.63, 3.8) is 0 Å². The molecule has 0 spiro atoms. The van der Waals surface area contributed by atoms with Crippen LogP contribution in [0.5, 0.6) is 0 Å². The maximum atomic E-state index is 13.2. The van der Waals surface area contributed by atoms with Gasteiger partial charge >= 0.3 is 5.69 Å². The van der Waals surface area contributed by atoms with Crippen LogP contribution >= 0.6 is 11.3 Å². The van der Waals surface area contributed by atoms with Gasteiger partial charge in [0.05, 0.1) is 4.92 Å². The standard InChI is InChI=1S/C15H14FN3O4S/c16-12-4-3-11(8-13(12)19(22)23)18-14(20)2-1-6-17-15(21)10-5-7-24-9-10/h3-5,7-9H,1-2,6H2,(H,17,21)(H,18,20). The minimum Gasteiger partial charge on any atom is -0.352 e. The van der Waals surface area contributed by atoms with Gasteiger partial charge in [0.15, 0.2) is 0 Å². The monoisotopic (exact) mass is 351 g/mol. The lowest BCUT2D eigenvalue weighted by Gasteiger charge is -2.06. The van der Waals surface area contributed by atoms with Gasteiger partial charge in [0.1, 0.15) is 0 Å². The number of benzene rings is 1. The molecule has 2 aromatic rings. The lowest BCUT2D eigenvalue weighted by molar-refractivity contribution is -0.387. The van der Waals surface area contributed by atoms with Gasteiger partial charge in [-0.1, -0.05) is 0 Å². The minimum atomic E-state index is -0.964. The van der Waals surface area contributed by atoms with Crippen molar-refractivity contribution in [2.24, 2.45) is 0 Å². The van der Waals surface area contributed by atoms with Gasteiger partial charge in [-0.3, -0.25) is 19.7 Å². The molecule has 0 saturated carbocycles. The summed E-state index contributed by atoms with van der Waals surface area (Å²) < 4.78 is 13.2. The number of anilines is 1. The number of nitro benzene ring substituents is 1. The molecule has 1 aromatic carbocycles. The molecule has 0 saturated heterocycles. The van der Waals surface area contributed by atoms with Crippen LogP contribution in [0.15, 0.2) is 35.0 Å². The molecule has 0 aliphatic carbocycles. The number of carbonyl (C=O) groups is 2. The smallest absolute Gasteiger partial charge is 0.306 e. The highest BCUT2D eigenvalue weighted by Gasteiger charge is 2.15. The molecule has 9 heteroatoms. The van der Waals surface area contributed by atoms with E-state index in [2.05, 4.69) is 10.6 Å². The number of rotatable bonds is 7. The predicted octanol–water partition coefficient (Wildman–Crippen LogP) is 2.94. The molecule has 2 N–H and O–H groups in total. The molecule has 1 heterocycles. The number of amides is 2. The summed E-state index contributed by atoms with van der Waals surface area (Å²) in [5.74, 6) is -1.54. The van der Waals surface area contributed by atoms with Crippen LogP contribution in [0.1, 0.15) is 23.2 Å². The molecule has 0 fully saturated rings. The number of nitrogens with one attached hydrogen (secondary N) is 2. The van der Waals surface area contributed by atoms with E-state index in [0.717, 1.165) is 12.1 Å². The van der Waals surface area contributed by atoms with Gasteiger partial charge < -0.3 is 10.6 Å². The molecule has 2 rings (SSSR count). The number of nitrogens with zero attached hydrogens (tertiary/aromatic N) is 1. The van der Waals surface area contributed by atoms with Gasteiger partial charge in [0.2, 0.25) is 11.7 Å². The summed E-state index contributed by atoms with van der Waals surface area (Å²) in [6.07, 6.45) is 0.528. The Labute approximate surface area is 140 Å². The zero-order valence-corrected chi connectivity index (χ0v) is 13.3. The van der Waals surface area contributed by atoms with Gasteiger partial charge in [-0.2, -0.15) is 15.7 Å². The highest BCUT2D eigenvalue weighted by atomic mass is 32.1. The molecule has 126 valence electrons. The molecular formula is C15H14FN3O4S. The number of halogens is 1. The first-order valence-corrected chi connectivity index (χ1v) is 7.96. The van der Waals surface area contributed by atoms with Gasteiger partial charge in [-0.25, -0.2) is 0 Å². The predicted molar refractivity (Wildman–Crippen MR) is 87.6 cm³/mol. The van der Waals surface area contributed by atoms with E-state index in [4.69, 9.17) is 0 Å². The van der Waals surface area contributed by atoms with Crippen LogP contribution in [0.2, 0.25) is 0 Å². The molecule has 0 unspecified atom stereocenters. The normalized spacial score (nSPS) is 10.2. The topological polar surface area (TPSA) is 101 Å². The Bertz CT molecular complexity index is 749. The molecule has 0 aliphatic rings. The zero-order valence-electron chi connectivity index (χ0n) is 12.5. The van der Waals surface area contributed by atoms with Crippen LogP contribution in [0.25, 0.3) is 0 Å². The van der Waals surface area contributed by atoms with Crippen molar-refractivity contribution < 1.29 is 18.9 Å². The molecule has 1 aromatic heterocycles. The Morgan fingerprint density at radius 3 is 2.75 bits per heavy atom. The molecular weight excluding hydrogens is 337 g/mol. The molecule has 0 atom stereocenters. The third-order valence-electron chi connectivity index (χ3n) is 3.08. The number of nitro groups is 1. The number of carbonyl (C=O) groups excluding carboxylic acids is 2. The van der Waals surface area contributed by atoms with E-state index in [1.807, 2.05) is 0 Å². The van der Waals surface area contributed by atoms with Crippen LogP contribution in [-0.4, -0.2) is 23.3 Å². The van der Waals surface area contributed by atoms with Gasteiger partial charge in [-0.05, 0) is 30.0 Å². The average Bonchev–Trinajstić information content (AvgIpc) is 3.07. The van der Waals surface area contributed by atoms with Crippen molar-refractivity contribution in [2.45, 2.75) is 12.8 Å². The molecule has 0 aliphatic heterocycles. The molecule has 24 heavy (non-hydrogen) atoms. The van der Waals surface area contributed by atoms with E-state index < -0.39 is 16.4 Å². The van der Waals surface area contributed by atoms with Crippen LogP contribution in [0.3, 0.4) is 0 Å². The fraction of sp³-hybridized carbons (Fsp3) is 0.200. The first-order chi connectivity index (χ1) is 11.5. The Morgan fingerprint density at radius 1 is 1.29 bits per heavy atom. The Hall–Kier alpha value is -2.81. The number of thiophene rings is 1. The summed E-state index contributed by atoms with van der Waals surface area (Å²) >= 11 is 1.42. The summed E-state index contributed by atoms with van der Waals surface area (Å²) in [6.45, 7) is 0.325. The van der Waals surface area contributed by atoms with Crippen molar-refractivity contribution >= 4 is 34.5 Å². The highest BCUT2D eigenvalue weighted by molar-refractivity contribution is 7.08. The summed E-state index contributed by atoms with van der Waals surface area (Å²) in [4.78, 5) is 33.2. The molecule has 0 bridgehead atoms. The summed E-state index contributed by atoms with van der Waals surface area (Å²) in [6, 6.07) is 4.84. The van der Waals surface area contributed by atoms with Crippen LogP contribution < -0.4 is 10.6 Å². The quantitative estimate of drug-likeness (QED) is 0.455. The van der Waals surface area contributed by atoms with Gasteiger partial charge in [0, 0.05) is 35.7 Å². The number of hydrogen-bond acceptors (Lipinski definition) is 5. The van der Waals surface area contributed by atoms with Crippen LogP contribution in [0, 0.1) is 15.9 Å². The first-order valence-electron chi connectivity index (χ1n) is 7.01. The summed E-state index contributed by atoms with van der Waals surface area (Å²) in [7, 11) is 0. The minimum absolute atomic E-state index is 0.120. The maximum absolute atomic E-state index is 13.2. The van der Waals surface area contributed by atoms with Crippen molar-refractivity contribution in [3.8, 4) is 0 Å². The maximum Gasteiger partial charge on any atom is 0.306 e. The SMILES string of the molecule is O=C(CCCNC(=O)c1ccsc1)Nc1ccc(F)c([N+](=O)[O-])c1. The Balaban J connectivity index is 1.76. The third-order valence-corrected chi connectivity index (χ3v) is 3.76. The van der Waals surface area contributed by atoms with E-state index >= 15 is 0 Å². The highest BCUT2D eigenvalue weighted by Crippen LogP contribution is 2.21. The Kier molecular flexibility index (Phi) is 5.96. The zero-order chi connectivity index (χ0) is 17.5. The van der Waals surface area contributed by atoms with E-state index in [1.54, 1.807) is 16.8 Å². The van der Waals surface area contributed by atoms with Crippen molar-refractivity contribution in [1.29, 1.82) is 0 Å². The van der Waals surface area contributed by atoms with Crippen molar-refractivity contribution in [1.82, 2.24) is 5.32 Å². The second-order valence-corrected chi connectivity index (χ2v) is 5.62. The first kappa shape index (κ1) is 17.5. The molecule has 0 radical (unpaired) electrons. The second-order valence-electron chi connectivity index (χ2n) is 4.84. The van der Waals surface area contributed by atoms with Crippen LogP contribution in [0.4, 0.5) is 15.8 Å². The van der Waals surface area contributed by atoms with Crippen molar-refractivity contribution in [2.75, 3.05) is 11.9 Å². The molecule has 2 amide bonds. The summed E-state index contributed by atoms with van der Waals surface area (Å²) in [5.41, 5.74) is 0.0225. The second kappa shape index (κ2) is 8.16. The van der Waals surface area contributed by atoms with E-state index in [1.165, 1.54) is 17.4 Å². The fourth-order valence-electron chi connectivity index (χ4n) is 1.90. The lowest BCUT2D eigenvalue weighted by atomic mass is 10.2. The fourth-order valence-corrected chi connectivity index (χ4v) is 2.54. The third kappa shape index (κ3) is 4.85. The summed E-state index contributed by atoms with van der Waals surface area (Å²) in [5, 5.41) is 19.3. The van der Waals surface area contributed by atoms with E-state index in [0.29, 0.717) is 18.5 Å². The van der Waals surface area contributed by atoms with E-state index in [-0.39, 0.29) is 23.9 Å². The van der Waals surface area contributed by atoms with Crippen LogP contribution in [-0.2, 0) is 4.79 Å². The average molecular weight is 351 g/mol. The Morgan fingerprint density at radius 2 is 2.08 bits per heavy atom. The molecule has 7 nitrogen and oxygen atoms in total. The largest absolute Gasteiger partial charge is 0.352 e. The number of hydrogen-bond donors (Lipinski definition) is 2. The van der Waals surface area contributed by atoms with Crippen molar-refractivity contribution in [3.05, 3.63) is 56.5 Å².